The maximum absolute atomic E-state index is 13.5. The third kappa shape index (κ3) is 3.87. The Morgan fingerprint density at radius 1 is 1.35 bits per heavy atom. The Morgan fingerprint density at radius 3 is 2.85 bits per heavy atom. The SMILES string of the molecule is Cc1ccc(CCNC(=O)c2cc(Br)ccc2F)cn1. The molecule has 0 saturated heterocycles. The third-order valence-corrected chi connectivity index (χ3v) is 3.34. The lowest BCUT2D eigenvalue weighted by atomic mass is 10.1. The first-order chi connectivity index (χ1) is 9.56. The number of hydrogen-bond acceptors (Lipinski definition) is 2. The molecule has 1 aromatic carbocycles. The molecular weight excluding hydrogens is 323 g/mol. The van der Waals surface area contributed by atoms with Gasteiger partial charge in [-0.05, 0) is 43.2 Å². The van der Waals surface area contributed by atoms with Gasteiger partial charge in [0.15, 0.2) is 0 Å². The number of halogens is 2. The maximum Gasteiger partial charge on any atom is 0.254 e. The molecule has 0 unspecified atom stereocenters. The standard InChI is InChI=1S/C15H14BrFN2O/c1-10-2-3-11(9-19-10)6-7-18-15(20)13-8-12(16)4-5-14(13)17/h2-5,8-9H,6-7H2,1H3,(H,18,20). The molecule has 20 heavy (non-hydrogen) atoms. The summed E-state index contributed by atoms with van der Waals surface area (Å²) in [7, 11) is 0. The quantitative estimate of drug-likeness (QED) is 0.931. The molecule has 0 bridgehead atoms. The molecule has 0 aliphatic rings. The molecular formula is C15H14BrFN2O. The molecule has 2 rings (SSSR count). The van der Waals surface area contributed by atoms with Crippen LogP contribution in [0.15, 0.2) is 41.0 Å². The van der Waals surface area contributed by atoms with Crippen molar-refractivity contribution in [2.24, 2.45) is 0 Å². The normalized spacial score (nSPS) is 10.3. The highest BCUT2D eigenvalue weighted by Crippen LogP contribution is 2.15. The van der Waals surface area contributed by atoms with E-state index < -0.39 is 11.7 Å². The number of aryl methyl sites for hydroxylation is 1. The summed E-state index contributed by atoms with van der Waals surface area (Å²) in [6.45, 7) is 2.36. The Hall–Kier alpha value is -1.75. The van der Waals surface area contributed by atoms with Crippen molar-refractivity contribution in [2.75, 3.05) is 6.54 Å². The average Bonchev–Trinajstić information content (AvgIpc) is 2.43. The van der Waals surface area contributed by atoms with Crippen LogP contribution in [0.4, 0.5) is 4.39 Å². The molecule has 0 fully saturated rings. The predicted octanol–water partition coefficient (Wildman–Crippen LogP) is 3.26. The minimum Gasteiger partial charge on any atom is -0.352 e. The van der Waals surface area contributed by atoms with E-state index in [0.29, 0.717) is 17.4 Å². The second-order valence-corrected chi connectivity index (χ2v) is 5.35. The van der Waals surface area contributed by atoms with Crippen LogP contribution in [0.5, 0.6) is 0 Å². The van der Waals surface area contributed by atoms with Gasteiger partial charge in [-0.2, -0.15) is 0 Å². The first-order valence-corrected chi connectivity index (χ1v) is 7.00. The van der Waals surface area contributed by atoms with Crippen LogP contribution in [-0.4, -0.2) is 17.4 Å². The Labute approximate surface area is 125 Å². The van der Waals surface area contributed by atoms with Crippen molar-refractivity contribution < 1.29 is 9.18 Å². The fraction of sp³-hybridized carbons (Fsp3) is 0.200. The molecule has 0 aliphatic carbocycles. The van der Waals surface area contributed by atoms with E-state index in [-0.39, 0.29) is 5.56 Å². The van der Waals surface area contributed by atoms with Crippen LogP contribution in [0.3, 0.4) is 0 Å². The Bertz CT molecular complexity index is 614. The molecule has 0 aliphatic heterocycles. The summed E-state index contributed by atoms with van der Waals surface area (Å²) in [6, 6.07) is 8.18. The second-order valence-electron chi connectivity index (χ2n) is 4.44. The zero-order chi connectivity index (χ0) is 14.5. The highest BCUT2D eigenvalue weighted by atomic mass is 79.9. The van der Waals surface area contributed by atoms with E-state index in [1.165, 1.54) is 12.1 Å². The van der Waals surface area contributed by atoms with E-state index in [9.17, 15) is 9.18 Å². The van der Waals surface area contributed by atoms with E-state index in [2.05, 4.69) is 26.2 Å². The second kappa shape index (κ2) is 6.61. The molecule has 1 amide bonds. The summed E-state index contributed by atoms with van der Waals surface area (Å²) in [6.07, 6.45) is 2.44. The number of carbonyl (C=O) groups excluding carboxylic acids is 1. The minimum absolute atomic E-state index is 0.0430. The Kier molecular flexibility index (Phi) is 4.84. The summed E-state index contributed by atoms with van der Waals surface area (Å²) in [5.41, 5.74) is 2.03. The van der Waals surface area contributed by atoms with Gasteiger partial charge < -0.3 is 5.32 Å². The number of rotatable bonds is 4. The number of pyridine rings is 1. The Morgan fingerprint density at radius 2 is 2.15 bits per heavy atom. The first kappa shape index (κ1) is 14.7. The smallest absolute Gasteiger partial charge is 0.254 e. The monoisotopic (exact) mass is 336 g/mol. The van der Waals surface area contributed by atoms with Gasteiger partial charge in [0, 0.05) is 22.9 Å². The zero-order valence-corrected chi connectivity index (χ0v) is 12.6. The van der Waals surface area contributed by atoms with Gasteiger partial charge in [0.1, 0.15) is 5.82 Å². The van der Waals surface area contributed by atoms with Crippen LogP contribution in [-0.2, 0) is 6.42 Å². The van der Waals surface area contributed by atoms with Gasteiger partial charge in [-0.15, -0.1) is 0 Å². The van der Waals surface area contributed by atoms with Gasteiger partial charge >= 0.3 is 0 Å². The van der Waals surface area contributed by atoms with Gasteiger partial charge in [-0.3, -0.25) is 9.78 Å². The van der Waals surface area contributed by atoms with Crippen LogP contribution < -0.4 is 5.32 Å². The molecule has 3 nitrogen and oxygen atoms in total. The molecule has 1 aromatic heterocycles. The minimum atomic E-state index is -0.525. The van der Waals surface area contributed by atoms with E-state index in [0.717, 1.165) is 11.3 Å². The zero-order valence-electron chi connectivity index (χ0n) is 11.0. The predicted molar refractivity (Wildman–Crippen MR) is 79.1 cm³/mol. The lowest BCUT2D eigenvalue weighted by Gasteiger charge is -2.07. The van der Waals surface area contributed by atoms with E-state index in [1.54, 1.807) is 12.3 Å². The summed E-state index contributed by atoms with van der Waals surface area (Å²) in [5, 5.41) is 2.70. The number of amides is 1. The number of benzene rings is 1. The van der Waals surface area contributed by atoms with Crippen LogP contribution >= 0.6 is 15.9 Å². The molecule has 0 radical (unpaired) electrons. The van der Waals surface area contributed by atoms with Gasteiger partial charge in [0.25, 0.3) is 5.91 Å². The third-order valence-electron chi connectivity index (χ3n) is 2.84. The summed E-state index contributed by atoms with van der Waals surface area (Å²) >= 11 is 3.22. The molecule has 2 aromatic rings. The van der Waals surface area contributed by atoms with Crippen molar-refractivity contribution in [3.63, 3.8) is 0 Å². The number of aromatic nitrogens is 1. The van der Waals surface area contributed by atoms with E-state index in [4.69, 9.17) is 0 Å². The van der Waals surface area contributed by atoms with Crippen LogP contribution in [0.25, 0.3) is 0 Å². The van der Waals surface area contributed by atoms with Gasteiger partial charge in [0.05, 0.1) is 5.56 Å². The lowest BCUT2D eigenvalue weighted by molar-refractivity contribution is 0.0950. The van der Waals surface area contributed by atoms with Gasteiger partial charge in [-0.25, -0.2) is 4.39 Å². The molecule has 1 N–H and O–H groups in total. The molecule has 0 saturated carbocycles. The van der Waals surface area contributed by atoms with Crippen molar-refractivity contribution in [3.05, 3.63) is 63.6 Å². The van der Waals surface area contributed by atoms with Crippen LogP contribution in [0.1, 0.15) is 21.6 Å². The van der Waals surface area contributed by atoms with Crippen molar-refractivity contribution in [1.29, 1.82) is 0 Å². The largest absolute Gasteiger partial charge is 0.352 e. The molecule has 104 valence electrons. The van der Waals surface area contributed by atoms with Crippen LogP contribution in [0, 0.1) is 12.7 Å². The van der Waals surface area contributed by atoms with Crippen molar-refractivity contribution in [2.45, 2.75) is 13.3 Å². The average molecular weight is 337 g/mol. The summed E-state index contributed by atoms with van der Waals surface area (Å²) in [4.78, 5) is 16.1. The molecule has 0 atom stereocenters. The fourth-order valence-electron chi connectivity index (χ4n) is 1.73. The fourth-order valence-corrected chi connectivity index (χ4v) is 2.09. The first-order valence-electron chi connectivity index (χ1n) is 6.21. The number of hydrogen-bond donors (Lipinski definition) is 1. The number of carbonyl (C=O) groups is 1. The summed E-state index contributed by atoms with van der Waals surface area (Å²) in [5.74, 6) is -0.938. The van der Waals surface area contributed by atoms with Crippen molar-refractivity contribution in [3.8, 4) is 0 Å². The van der Waals surface area contributed by atoms with Crippen molar-refractivity contribution >= 4 is 21.8 Å². The number of nitrogens with zero attached hydrogens (tertiary/aromatic N) is 1. The van der Waals surface area contributed by atoms with E-state index >= 15 is 0 Å². The number of nitrogens with one attached hydrogen (secondary N) is 1. The van der Waals surface area contributed by atoms with Crippen molar-refractivity contribution in [1.82, 2.24) is 10.3 Å². The summed E-state index contributed by atoms with van der Waals surface area (Å²) < 4.78 is 14.2. The van der Waals surface area contributed by atoms with E-state index in [1.807, 2.05) is 19.1 Å². The molecule has 5 heteroatoms. The highest BCUT2D eigenvalue weighted by Gasteiger charge is 2.11. The molecule has 1 heterocycles. The molecule has 0 spiro atoms. The van der Waals surface area contributed by atoms with Gasteiger partial charge in [0.2, 0.25) is 0 Å². The Balaban J connectivity index is 1.92. The van der Waals surface area contributed by atoms with Gasteiger partial charge in [-0.1, -0.05) is 22.0 Å². The van der Waals surface area contributed by atoms with Crippen LogP contribution in [0.2, 0.25) is 0 Å². The highest BCUT2D eigenvalue weighted by molar-refractivity contribution is 9.10. The maximum atomic E-state index is 13.5. The topological polar surface area (TPSA) is 42.0 Å². The lowest BCUT2D eigenvalue weighted by Crippen LogP contribution is -2.26.